The molecule has 2 N–H and O–H groups in total. The molecule has 2 aromatic heterocycles. The van der Waals surface area contributed by atoms with Crippen LogP contribution in [0.4, 0.5) is 0 Å². The first-order chi connectivity index (χ1) is 17.8. The number of carbonyl (C=O) groups excluding carboxylic acids is 2. The van der Waals surface area contributed by atoms with Crippen molar-refractivity contribution in [3.8, 4) is 11.3 Å². The van der Waals surface area contributed by atoms with Gasteiger partial charge in [-0.3, -0.25) is 24.1 Å². The van der Waals surface area contributed by atoms with E-state index in [9.17, 15) is 19.2 Å². The van der Waals surface area contributed by atoms with Crippen molar-refractivity contribution in [3.63, 3.8) is 0 Å². The lowest BCUT2D eigenvalue weighted by atomic mass is 9.69. The summed E-state index contributed by atoms with van der Waals surface area (Å²) < 4.78 is 6.43. The molecule has 4 heterocycles. The summed E-state index contributed by atoms with van der Waals surface area (Å²) >= 11 is 2.82. The smallest absolute Gasteiger partial charge is 0.305 e. The second-order valence-corrected chi connectivity index (χ2v) is 12.7. The molecule has 2 bridgehead atoms. The molecule has 1 aromatic carbocycles. The van der Waals surface area contributed by atoms with Gasteiger partial charge in [0.15, 0.2) is 0 Å². The summed E-state index contributed by atoms with van der Waals surface area (Å²) in [5, 5.41) is 10.0. The lowest BCUT2D eigenvalue weighted by molar-refractivity contribution is -0.142. The SMILES string of the molecule is Cc1ccc(-c2ccc([C@@H]3c4sc(=O)[nH]c4S[C@@H]4[C@H]5C[C@@H]([C@@H]6C(=O)N(CCC(=O)O)C(=O)[C@H]56)[C@H]34)o2)cc1. The Kier molecular flexibility index (Phi) is 5.10. The molecule has 0 unspecified atom stereocenters. The zero-order valence-corrected chi connectivity index (χ0v) is 21.5. The lowest BCUT2D eigenvalue weighted by Crippen LogP contribution is -2.42. The molecular formula is C27H24N2O6S2. The molecule has 8 nitrogen and oxygen atoms in total. The Morgan fingerprint density at radius 1 is 1.08 bits per heavy atom. The molecule has 0 radical (unpaired) electrons. The van der Waals surface area contributed by atoms with Gasteiger partial charge < -0.3 is 14.5 Å². The molecule has 7 atom stereocenters. The number of aromatic amines is 1. The van der Waals surface area contributed by atoms with Crippen LogP contribution in [0.1, 0.15) is 35.0 Å². The van der Waals surface area contributed by atoms with Crippen LogP contribution in [0.5, 0.6) is 0 Å². The van der Waals surface area contributed by atoms with E-state index in [2.05, 4.69) is 4.98 Å². The standard InChI is InChI=1S/C27H24N2O6S2/c1-11-2-4-12(5-3-11)15-6-7-16(35-15)21-18-13-10-14(22(18)36-24-23(21)37-27(34)28-24)20-19(13)25(32)29(26(20)33)9-8-17(30)31/h2-7,13-14,18-22H,8-10H2,1H3,(H,28,34)(H,30,31)/t13-,14+,18-,19+,20-,21+,22-/m1/s1. The monoisotopic (exact) mass is 536 g/mol. The molecule has 2 aliphatic carbocycles. The van der Waals surface area contributed by atoms with E-state index in [0.717, 1.165) is 39.0 Å². The number of amides is 2. The number of thioether (sulfide) groups is 1. The highest BCUT2D eigenvalue weighted by atomic mass is 32.2. The number of aryl methyl sites for hydroxylation is 1. The number of rotatable bonds is 5. The maximum atomic E-state index is 13.4. The van der Waals surface area contributed by atoms with E-state index in [1.807, 2.05) is 43.3 Å². The Balaban J connectivity index is 1.28. The van der Waals surface area contributed by atoms with E-state index in [4.69, 9.17) is 9.52 Å². The Hall–Kier alpha value is -3.11. The van der Waals surface area contributed by atoms with Gasteiger partial charge in [0.05, 0.1) is 34.1 Å². The quantitative estimate of drug-likeness (QED) is 0.474. The summed E-state index contributed by atoms with van der Waals surface area (Å²) in [7, 11) is 0. The number of hydrogen-bond donors (Lipinski definition) is 2. The summed E-state index contributed by atoms with van der Waals surface area (Å²) in [6.07, 6.45) is 0.534. The number of likely N-dealkylation sites (tertiary alicyclic amines) is 1. The van der Waals surface area contributed by atoms with Crippen LogP contribution in [0.15, 0.2) is 50.6 Å². The number of H-pyrrole nitrogens is 1. The fourth-order valence-corrected chi connectivity index (χ4v) is 10.1. The Bertz CT molecular complexity index is 1500. The molecule has 2 aliphatic heterocycles. The number of nitrogens with zero attached hydrogens (tertiary/aromatic N) is 1. The molecule has 4 aliphatic rings. The number of carbonyl (C=O) groups is 3. The van der Waals surface area contributed by atoms with Crippen molar-refractivity contribution in [2.24, 2.45) is 29.6 Å². The van der Waals surface area contributed by atoms with E-state index < -0.39 is 17.8 Å². The minimum atomic E-state index is -1.03. The molecule has 190 valence electrons. The van der Waals surface area contributed by atoms with Crippen LogP contribution < -0.4 is 4.87 Å². The molecule has 3 aromatic rings. The molecule has 2 amide bonds. The van der Waals surface area contributed by atoms with Crippen molar-refractivity contribution in [1.29, 1.82) is 0 Å². The second-order valence-electron chi connectivity index (χ2n) is 10.5. The van der Waals surface area contributed by atoms with Gasteiger partial charge >= 0.3 is 10.8 Å². The summed E-state index contributed by atoms with van der Waals surface area (Å²) in [5.74, 6) is -0.980. The van der Waals surface area contributed by atoms with E-state index >= 15 is 0 Å². The van der Waals surface area contributed by atoms with Crippen molar-refractivity contribution in [2.75, 3.05) is 6.54 Å². The first-order valence-electron chi connectivity index (χ1n) is 12.5. The van der Waals surface area contributed by atoms with Crippen LogP contribution in [0.2, 0.25) is 0 Å². The van der Waals surface area contributed by atoms with Gasteiger partial charge in [-0.2, -0.15) is 0 Å². The zero-order valence-electron chi connectivity index (χ0n) is 19.9. The fourth-order valence-electron chi connectivity index (χ4n) is 7.22. The normalized spacial score (nSPS) is 31.5. The predicted octanol–water partition coefficient (Wildman–Crippen LogP) is 3.95. The lowest BCUT2D eigenvalue weighted by Gasteiger charge is -2.42. The Labute approximate surface area is 220 Å². The Morgan fingerprint density at radius 2 is 1.81 bits per heavy atom. The number of fused-ring (bicyclic) bond motifs is 9. The highest BCUT2D eigenvalue weighted by Gasteiger charge is 2.69. The largest absolute Gasteiger partial charge is 0.481 e. The third-order valence-electron chi connectivity index (χ3n) is 8.63. The van der Waals surface area contributed by atoms with Crippen LogP contribution in [0, 0.1) is 36.5 Å². The number of imide groups is 1. The summed E-state index contributed by atoms with van der Waals surface area (Å²) in [4.78, 5) is 55.2. The molecular weight excluding hydrogens is 512 g/mol. The third-order valence-corrected chi connectivity index (χ3v) is 11.2. The average Bonchev–Trinajstić information content (AvgIpc) is 3.66. The van der Waals surface area contributed by atoms with Gasteiger partial charge in [-0.25, -0.2) is 0 Å². The highest BCUT2D eigenvalue weighted by Crippen LogP contribution is 2.68. The van der Waals surface area contributed by atoms with Crippen LogP contribution in [-0.2, 0) is 14.4 Å². The number of thiazole rings is 1. The van der Waals surface area contributed by atoms with E-state index in [0.29, 0.717) is 0 Å². The van der Waals surface area contributed by atoms with Gasteiger partial charge in [-0.05, 0) is 43.2 Å². The predicted molar refractivity (Wildman–Crippen MR) is 136 cm³/mol. The first-order valence-corrected chi connectivity index (χ1v) is 14.1. The molecule has 3 fully saturated rings. The summed E-state index contributed by atoms with van der Waals surface area (Å²) in [5.41, 5.74) is 2.13. The van der Waals surface area contributed by atoms with Gasteiger partial charge in [0.1, 0.15) is 11.5 Å². The van der Waals surface area contributed by atoms with Crippen molar-refractivity contribution in [1.82, 2.24) is 9.88 Å². The first kappa shape index (κ1) is 23.0. The number of hydrogen-bond acceptors (Lipinski definition) is 7. The second kappa shape index (κ2) is 8.19. The average molecular weight is 537 g/mol. The number of aliphatic carboxylic acids is 1. The summed E-state index contributed by atoms with van der Waals surface area (Å²) in [6.45, 7) is 1.96. The number of nitrogens with one attached hydrogen (secondary N) is 1. The Morgan fingerprint density at radius 3 is 2.54 bits per heavy atom. The molecule has 37 heavy (non-hydrogen) atoms. The van der Waals surface area contributed by atoms with Gasteiger partial charge in [-0.15, -0.1) is 11.8 Å². The van der Waals surface area contributed by atoms with Crippen LogP contribution in [0.25, 0.3) is 11.3 Å². The summed E-state index contributed by atoms with van der Waals surface area (Å²) in [6, 6.07) is 12.1. The van der Waals surface area contributed by atoms with Crippen molar-refractivity contribution >= 4 is 40.9 Å². The maximum Gasteiger partial charge on any atom is 0.305 e. The van der Waals surface area contributed by atoms with Crippen LogP contribution in [-0.4, -0.2) is 44.6 Å². The van der Waals surface area contributed by atoms with E-state index in [-0.39, 0.29) is 58.6 Å². The molecule has 1 saturated heterocycles. The number of carboxylic acid groups (broad SMARTS) is 1. The van der Waals surface area contributed by atoms with Crippen molar-refractivity contribution < 1.29 is 23.9 Å². The van der Waals surface area contributed by atoms with Gasteiger partial charge in [0.2, 0.25) is 11.8 Å². The minimum Gasteiger partial charge on any atom is -0.481 e. The minimum absolute atomic E-state index is 0.00172. The van der Waals surface area contributed by atoms with Crippen LogP contribution in [0.3, 0.4) is 0 Å². The molecule has 10 heteroatoms. The third kappa shape index (κ3) is 3.34. The molecule has 2 saturated carbocycles. The van der Waals surface area contributed by atoms with Gasteiger partial charge in [0, 0.05) is 17.4 Å². The van der Waals surface area contributed by atoms with Gasteiger partial charge in [0.25, 0.3) is 0 Å². The van der Waals surface area contributed by atoms with Gasteiger partial charge in [-0.1, -0.05) is 41.2 Å². The number of carboxylic acids is 1. The number of benzene rings is 1. The topological polar surface area (TPSA) is 121 Å². The number of aromatic nitrogens is 1. The molecule has 7 rings (SSSR count). The van der Waals surface area contributed by atoms with Crippen molar-refractivity contribution in [3.05, 3.63) is 62.3 Å². The maximum absolute atomic E-state index is 13.4. The zero-order chi connectivity index (χ0) is 25.6. The number of furan rings is 1. The van der Waals surface area contributed by atoms with E-state index in [1.54, 1.807) is 11.8 Å². The fraction of sp³-hybridized carbons (Fsp3) is 0.407. The van der Waals surface area contributed by atoms with Crippen molar-refractivity contribution in [2.45, 2.75) is 36.0 Å². The highest BCUT2D eigenvalue weighted by molar-refractivity contribution is 8.00. The van der Waals surface area contributed by atoms with E-state index in [1.165, 1.54) is 16.2 Å². The van der Waals surface area contributed by atoms with Crippen LogP contribution >= 0.6 is 23.1 Å². The molecule has 0 spiro atoms.